The lowest BCUT2D eigenvalue weighted by Crippen LogP contribution is -2.33. The highest BCUT2D eigenvalue weighted by Crippen LogP contribution is 2.44. The highest BCUT2D eigenvalue weighted by atomic mass is 16.2. The summed E-state index contributed by atoms with van der Waals surface area (Å²) in [5, 5.41) is 0. The molecule has 2 unspecified atom stereocenters. The summed E-state index contributed by atoms with van der Waals surface area (Å²) < 4.78 is 0. The van der Waals surface area contributed by atoms with E-state index in [-0.39, 0.29) is 5.91 Å². The Labute approximate surface area is 137 Å². The van der Waals surface area contributed by atoms with E-state index in [4.69, 9.17) is 0 Å². The monoisotopic (exact) mass is 308 g/mol. The van der Waals surface area contributed by atoms with E-state index in [9.17, 15) is 4.79 Å². The highest BCUT2D eigenvalue weighted by molar-refractivity contribution is 5.73. The molecule has 1 amide bonds. The Balaban J connectivity index is 1.88. The van der Waals surface area contributed by atoms with Crippen LogP contribution in [0.5, 0.6) is 0 Å². The van der Waals surface area contributed by atoms with Crippen molar-refractivity contribution in [1.29, 1.82) is 0 Å². The molecule has 2 rings (SSSR count). The van der Waals surface area contributed by atoms with Gasteiger partial charge in [0.15, 0.2) is 0 Å². The molecule has 0 aromatic rings. The topological polar surface area (TPSA) is 23.6 Å². The first kappa shape index (κ1) is 17.8. The zero-order valence-corrected chi connectivity index (χ0v) is 15.6. The van der Waals surface area contributed by atoms with Gasteiger partial charge >= 0.3 is 0 Å². The van der Waals surface area contributed by atoms with Crippen molar-refractivity contribution >= 4 is 5.91 Å². The molecule has 22 heavy (non-hydrogen) atoms. The van der Waals surface area contributed by atoms with Crippen LogP contribution in [0.25, 0.3) is 0 Å². The van der Waals surface area contributed by atoms with Crippen LogP contribution in [0, 0.1) is 22.7 Å². The molecule has 3 heteroatoms. The van der Waals surface area contributed by atoms with Gasteiger partial charge in [-0.15, -0.1) is 0 Å². The maximum Gasteiger partial charge on any atom is 0.219 e. The Morgan fingerprint density at radius 1 is 0.955 bits per heavy atom. The summed E-state index contributed by atoms with van der Waals surface area (Å²) in [6, 6.07) is 0. The average molecular weight is 309 g/mol. The minimum Gasteiger partial charge on any atom is -0.343 e. The van der Waals surface area contributed by atoms with Gasteiger partial charge in [-0.05, 0) is 61.9 Å². The zero-order chi connectivity index (χ0) is 16.5. The molecule has 2 saturated heterocycles. The predicted octanol–water partition coefficient (Wildman–Crippen LogP) is 3.64. The number of nitrogens with zero attached hydrogens (tertiary/aromatic N) is 2. The van der Waals surface area contributed by atoms with Crippen molar-refractivity contribution in [3.63, 3.8) is 0 Å². The zero-order valence-electron chi connectivity index (χ0n) is 15.6. The van der Waals surface area contributed by atoms with E-state index >= 15 is 0 Å². The molecule has 2 atom stereocenters. The summed E-state index contributed by atoms with van der Waals surface area (Å²) in [6.07, 6.45) is 5.11. The molecule has 2 aliphatic heterocycles. The summed E-state index contributed by atoms with van der Waals surface area (Å²) in [7, 11) is 2.24. The van der Waals surface area contributed by atoms with Crippen LogP contribution < -0.4 is 0 Å². The number of carbonyl (C=O) groups is 1. The number of likely N-dealkylation sites (tertiary alicyclic amines) is 2. The van der Waals surface area contributed by atoms with E-state index < -0.39 is 0 Å². The molecular formula is C19H36N2O. The van der Waals surface area contributed by atoms with Gasteiger partial charge in [0, 0.05) is 26.6 Å². The van der Waals surface area contributed by atoms with Gasteiger partial charge in [-0.25, -0.2) is 0 Å². The molecule has 0 bridgehead atoms. The summed E-state index contributed by atoms with van der Waals surface area (Å²) in [6.45, 7) is 15.9. The number of rotatable bonds is 5. The molecule has 0 radical (unpaired) electrons. The van der Waals surface area contributed by atoms with Crippen LogP contribution in [0.1, 0.15) is 60.3 Å². The molecule has 2 fully saturated rings. The third-order valence-corrected chi connectivity index (χ3v) is 6.65. The molecule has 0 aromatic heterocycles. The molecule has 128 valence electrons. The molecule has 0 aliphatic carbocycles. The van der Waals surface area contributed by atoms with Gasteiger partial charge in [0.05, 0.1) is 0 Å². The van der Waals surface area contributed by atoms with Crippen molar-refractivity contribution < 1.29 is 4.79 Å². The van der Waals surface area contributed by atoms with Crippen molar-refractivity contribution in [1.82, 2.24) is 9.80 Å². The summed E-state index contributed by atoms with van der Waals surface area (Å²) >= 11 is 0. The Hall–Kier alpha value is -0.570. The van der Waals surface area contributed by atoms with Crippen LogP contribution in [0.4, 0.5) is 0 Å². The van der Waals surface area contributed by atoms with Gasteiger partial charge < -0.3 is 9.80 Å². The van der Waals surface area contributed by atoms with E-state index in [0.29, 0.717) is 16.7 Å². The van der Waals surface area contributed by atoms with Crippen LogP contribution in [0.3, 0.4) is 0 Å². The maximum absolute atomic E-state index is 11.6. The molecule has 0 aromatic carbocycles. The number of hydrogen-bond acceptors (Lipinski definition) is 2. The predicted molar refractivity (Wildman–Crippen MR) is 92.8 cm³/mol. The van der Waals surface area contributed by atoms with Crippen molar-refractivity contribution in [2.24, 2.45) is 22.7 Å². The quantitative estimate of drug-likeness (QED) is 0.774. The fourth-order valence-corrected chi connectivity index (χ4v) is 4.31. The summed E-state index contributed by atoms with van der Waals surface area (Å²) in [5.41, 5.74) is 0.771. The van der Waals surface area contributed by atoms with Crippen LogP contribution in [0.2, 0.25) is 0 Å². The smallest absolute Gasteiger partial charge is 0.219 e. The Morgan fingerprint density at radius 3 is 1.86 bits per heavy atom. The lowest BCUT2D eigenvalue weighted by molar-refractivity contribution is -0.128. The molecule has 0 spiro atoms. The molecule has 3 nitrogen and oxygen atoms in total. The molecule has 0 saturated carbocycles. The van der Waals surface area contributed by atoms with E-state index in [1.807, 2.05) is 4.90 Å². The number of carbonyl (C=O) groups excluding carboxylic acids is 1. The second kappa shape index (κ2) is 6.51. The van der Waals surface area contributed by atoms with Gasteiger partial charge in [0.2, 0.25) is 5.91 Å². The average Bonchev–Trinajstić information content (AvgIpc) is 3.05. The Kier molecular flexibility index (Phi) is 5.26. The van der Waals surface area contributed by atoms with E-state index in [0.717, 1.165) is 19.0 Å². The Morgan fingerprint density at radius 2 is 1.45 bits per heavy atom. The lowest BCUT2D eigenvalue weighted by Gasteiger charge is -2.38. The van der Waals surface area contributed by atoms with Gasteiger partial charge in [-0.1, -0.05) is 27.7 Å². The SMILES string of the molecule is CC(=O)N1CCC(C(C)(C)CCC(C)(C)C2CCN(C)C2)C1. The molecule has 2 aliphatic rings. The van der Waals surface area contributed by atoms with Gasteiger partial charge in [0.25, 0.3) is 0 Å². The van der Waals surface area contributed by atoms with Crippen molar-refractivity contribution in [3.8, 4) is 0 Å². The van der Waals surface area contributed by atoms with Crippen LogP contribution >= 0.6 is 0 Å². The first-order valence-corrected chi connectivity index (χ1v) is 9.06. The van der Waals surface area contributed by atoms with Crippen molar-refractivity contribution in [2.75, 3.05) is 33.2 Å². The molecular weight excluding hydrogens is 272 g/mol. The lowest BCUT2D eigenvalue weighted by atomic mass is 9.68. The van der Waals surface area contributed by atoms with E-state index in [1.165, 1.54) is 38.8 Å². The normalized spacial score (nSPS) is 27.6. The fourth-order valence-electron chi connectivity index (χ4n) is 4.31. The third-order valence-electron chi connectivity index (χ3n) is 6.65. The molecule has 2 heterocycles. The van der Waals surface area contributed by atoms with Crippen LogP contribution in [0.15, 0.2) is 0 Å². The van der Waals surface area contributed by atoms with Gasteiger partial charge in [-0.2, -0.15) is 0 Å². The van der Waals surface area contributed by atoms with Crippen LogP contribution in [-0.4, -0.2) is 48.9 Å². The Bertz CT molecular complexity index is 402. The van der Waals surface area contributed by atoms with Gasteiger partial charge in [-0.3, -0.25) is 4.79 Å². The molecule has 0 N–H and O–H groups in total. The fraction of sp³-hybridized carbons (Fsp3) is 0.947. The standard InChI is InChI=1S/C19H36N2O/c1-15(22)21-12-8-17(14-21)19(4,5)10-9-18(2,3)16-7-11-20(6)13-16/h16-17H,7-14H2,1-6H3. The maximum atomic E-state index is 11.6. The van der Waals surface area contributed by atoms with E-state index in [1.54, 1.807) is 6.92 Å². The van der Waals surface area contributed by atoms with Gasteiger partial charge in [0.1, 0.15) is 0 Å². The minimum absolute atomic E-state index is 0.243. The number of hydrogen-bond donors (Lipinski definition) is 0. The summed E-state index contributed by atoms with van der Waals surface area (Å²) in [5.74, 6) is 1.75. The van der Waals surface area contributed by atoms with Crippen LogP contribution in [-0.2, 0) is 4.79 Å². The number of amides is 1. The first-order chi connectivity index (χ1) is 10.1. The summed E-state index contributed by atoms with van der Waals surface area (Å²) in [4.78, 5) is 16.1. The first-order valence-electron chi connectivity index (χ1n) is 9.06. The highest BCUT2D eigenvalue weighted by Gasteiger charge is 2.39. The second-order valence-electron chi connectivity index (χ2n) is 9.18. The third kappa shape index (κ3) is 4.04. The van der Waals surface area contributed by atoms with Crippen molar-refractivity contribution in [2.45, 2.75) is 60.3 Å². The van der Waals surface area contributed by atoms with Crippen molar-refractivity contribution in [3.05, 3.63) is 0 Å². The largest absolute Gasteiger partial charge is 0.343 e. The second-order valence-corrected chi connectivity index (χ2v) is 9.18. The van der Waals surface area contributed by atoms with E-state index in [2.05, 4.69) is 39.6 Å². The minimum atomic E-state index is 0.243.